The van der Waals surface area contributed by atoms with Crippen LogP contribution in [0.15, 0.2) is 97.1 Å². The topological polar surface area (TPSA) is 114 Å². The van der Waals surface area contributed by atoms with Crippen molar-refractivity contribution in [3.05, 3.63) is 136 Å². The number of carbonyl (C=O) groups excluding carboxylic acids is 3. The number of aliphatic hydroxyl groups is 1. The number of esters is 2. The van der Waals surface area contributed by atoms with Crippen molar-refractivity contribution in [1.82, 2.24) is 4.90 Å². The predicted molar refractivity (Wildman–Crippen MR) is 183 cm³/mol. The third-order valence-electron chi connectivity index (χ3n) is 9.68. The molecule has 3 heterocycles. The molecule has 1 amide bonds. The highest BCUT2D eigenvalue weighted by Crippen LogP contribution is 2.47. The molecule has 4 unspecified atom stereocenters. The summed E-state index contributed by atoms with van der Waals surface area (Å²) in [5.41, 5.74) is 4.69. The maximum atomic E-state index is 13.3. The van der Waals surface area contributed by atoms with Crippen molar-refractivity contribution >= 4 is 23.5 Å². The van der Waals surface area contributed by atoms with Gasteiger partial charge >= 0.3 is 11.9 Å². The van der Waals surface area contributed by atoms with Crippen molar-refractivity contribution in [1.29, 1.82) is 0 Å². The number of anilines is 1. The molecule has 9 nitrogen and oxygen atoms in total. The van der Waals surface area contributed by atoms with Crippen LogP contribution in [0.3, 0.4) is 0 Å². The number of nitrogens with one attached hydrogen (secondary N) is 1. The molecule has 3 aliphatic rings. The van der Waals surface area contributed by atoms with Crippen LogP contribution < -0.4 is 5.32 Å². The molecule has 4 aromatic rings. The predicted octanol–water partition coefficient (Wildman–Crippen LogP) is 6.95. The summed E-state index contributed by atoms with van der Waals surface area (Å²) in [4.78, 5) is 39.7. The normalized spacial score (nSPS) is 22.9. The van der Waals surface area contributed by atoms with Gasteiger partial charge in [-0.05, 0) is 73.0 Å². The van der Waals surface area contributed by atoms with Crippen molar-refractivity contribution in [3.63, 3.8) is 0 Å². The molecule has 2 N–H and O–H groups in total. The molecule has 252 valence electrons. The lowest BCUT2D eigenvalue weighted by Crippen LogP contribution is -2.45. The number of hydrogen-bond acceptors (Lipinski definition) is 8. The molecule has 0 radical (unpaired) electrons. The van der Waals surface area contributed by atoms with Gasteiger partial charge in [0.2, 0.25) is 0 Å². The number of hydrogen-bond donors (Lipinski definition) is 2. The number of amides is 1. The second-order valence-corrected chi connectivity index (χ2v) is 13.0. The van der Waals surface area contributed by atoms with E-state index in [-0.39, 0.29) is 41.4 Å². The summed E-state index contributed by atoms with van der Waals surface area (Å²) in [5, 5.41) is 12.6. The fourth-order valence-electron chi connectivity index (χ4n) is 7.11. The molecule has 0 spiro atoms. The third-order valence-corrected chi connectivity index (χ3v) is 9.68. The Morgan fingerprint density at radius 3 is 2.20 bits per heavy atom. The van der Waals surface area contributed by atoms with Crippen LogP contribution in [-0.2, 0) is 20.8 Å². The van der Waals surface area contributed by atoms with E-state index >= 15 is 0 Å². The molecule has 0 bridgehead atoms. The summed E-state index contributed by atoms with van der Waals surface area (Å²) in [6.07, 6.45) is 4.82. The van der Waals surface area contributed by atoms with Crippen LogP contribution >= 0.6 is 0 Å². The molecule has 2 saturated heterocycles. The first-order valence-corrected chi connectivity index (χ1v) is 17.1. The van der Waals surface area contributed by atoms with Gasteiger partial charge in [0.05, 0.1) is 29.9 Å². The molecular weight excluding hydrogens is 620 g/mol. The van der Waals surface area contributed by atoms with Gasteiger partial charge in [-0.2, -0.15) is 0 Å². The summed E-state index contributed by atoms with van der Waals surface area (Å²) in [7, 11) is 0. The van der Waals surface area contributed by atoms with Crippen molar-refractivity contribution in [2.75, 3.05) is 25.0 Å². The van der Waals surface area contributed by atoms with Crippen LogP contribution in [0.1, 0.15) is 104 Å². The SMILES string of the molecule is O=C(Nc1cccc(C2OC(CN3CCCCCCC3)C(c3ccccc3)C(c3ccc(CO)cc3)O2)c1)c1ccc2c(c1)C(=O)OC2=O. The summed E-state index contributed by atoms with van der Waals surface area (Å²) in [6, 6.07) is 30.0. The third kappa shape index (κ3) is 7.35. The van der Waals surface area contributed by atoms with Crippen molar-refractivity contribution < 1.29 is 33.7 Å². The zero-order chi connectivity index (χ0) is 33.7. The van der Waals surface area contributed by atoms with Gasteiger partial charge in [-0.15, -0.1) is 0 Å². The van der Waals surface area contributed by atoms with Gasteiger partial charge in [0.1, 0.15) is 0 Å². The van der Waals surface area contributed by atoms with Crippen molar-refractivity contribution in [2.24, 2.45) is 0 Å². The Morgan fingerprint density at radius 2 is 1.45 bits per heavy atom. The molecule has 7 rings (SSSR count). The fourth-order valence-corrected chi connectivity index (χ4v) is 7.11. The first kappa shape index (κ1) is 32.9. The minimum Gasteiger partial charge on any atom is -0.392 e. The summed E-state index contributed by atoms with van der Waals surface area (Å²) in [6.45, 7) is 2.77. The zero-order valence-corrected chi connectivity index (χ0v) is 27.3. The largest absolute Gasteiger partial charge is 0.392 e. The first-order chi connectivity index (χ1) is 24.0. The Balaban J connectivity index is 1.19. The van der Waals surface area contributed by atoms with E-state index in [0.29, 0.717) is 5.69 Å². The van der Waals surface area contributed by atoms with Gasteiger partial charge in [-0.3, -0.25) is 4.79 Å². The number of likely N-dealkylation sites (tertiary alicyclic amines) is 1. The van der Waals surface area contributed by atoms with Crippen LogP contribution in [0.4, 0.5) is 5.69 Å². The summed E-state index contributed by atoms with van der Waals surface area (Å²) in [5.74, 6) is -2.00. The second-order valence-electron chi connectivity index (χ2n) is 13.0. The number of fused-ring (bicyclic) bond motifs is 1. The Labute approximate surface area is 285 Å². The lowest BCUT2D eigenvalue weighted by molar-refractivity contribution is -0.263. The number of carbonyl (C=O) groups is 3. The van der Waals surface area contributed by atoms with E-state index in [4.69, 9.17) is 9.47 Å². The smallest absolute Gasteiger partial charge is 0.346 e. The van der Waals surface area contributed by atoms with E-state index in [1.54, 1.807) is 6.07 Å². The Hall–Kier alpha value is -4.67. The highest BCUT2D eigenvalue weighted by molar-refractivity contribution is 6.16. The Morgan fingerprint density at radius 1 is 0.735 bits per heavy atom. The van der Waals surface area contributed by atoms with Gasteiger partial charge in [0, 0.05) is 29.3 Å². The van der Waals surface area contributed by atoms with Gasteiger partial charge in [-0.25, -0.2) is 9.59 Å². The Kier molecular flexibility index (Phi) is 9.95. The number of ether oxygens (including phenoxy) is 3. The van der Waals surface area contributed by atoms with E-state index < -0.39 is 24.1 Å². The van der Waals surface area contributed by atoms with Crippen LogP contribution in [-0.4, -0.2) is 53.6 Å². The van der Waals surface area contributed by atoms with E-state index in [2.05, 4.69) is 39.2 Å². The van der Waals surface area contributed by atoms with Gasteiger partial charge in [0.15, 0.2) is 6.29 Å². The second kappa shape index (κ2) is 14.8. The zero-order valence-electron chi connectivity index (χ0n) is 27.3. The number of cyclic esters (lactones) is 2. The highest BCUT2D eigenvalue weighted by atomic mass is 16.7. The molecule has 4 atom stereocenters. The molecule has 0 saturated carbocycles. The maximum Gasteiger partial charge on any atom is 0.346 e. The van der Waals surface area contributed by atoms with Crippen LogP contribution in [0.2, 0.25) is 0 Å². The molecule has 9 heteroatoms. The molecular formula is C40H40N2O7. The summed E-state index contributed by atoms with van der Waals surface area (Å²) < 4.78 is 18.5. The molecule has 0 aliphatic carbocycles. The summed E-state index contributed by atoms with van der Waals surface area (Å²) >= 11 is 0. The molecule has 2 fully saturated rings. The average Bonchev–Trinajstić information content (AvgIpc) is 3.41. The number of benzene rings is 4. The van der Waals surface area contributed by atoms with Crippen molar-refractivity contribution in [3.8, 4) is 0 Å². The first-order valence-electron chi connectivity index (χ1n) is 17.1. The molecule has 49 heavy (non-hydrogen) atoms. The number of nitrogens with zero attached hydrogens (tertiary/aromatic N) is 1. The van der Waals surface area contributed by atoms with E-state index in [0.717, 1.165) is 54.7 Å². The van der Waals surface area contributed by atoms with Gasteiger partial charge in [0.25, 0.3) is 5.91 Å². The van der Waals surface area contributed by atoms with Crippen molar-refractivity contribution in [2.45, 2.75) is 63.1 Å². The minimum absolute atomic E-state index is 0.0383. The van der Waals surface area contributed by atoms with Crippen LogP contribution in [0, 0.1) is 0 Å². The maximum absolute atomic E-state index is 13.3. The van der Waals surface area contributed by atoms with Crippen LogP contribution in [0.5, 0.6) is 0 Å². The molecule has 0 aromatic heterocycles. The number of aliphatic hydroxyl groups excluding tert-OH is 1. The van der Waals surface area contributed by atoms with Crippen LogP contribution in [0.25, 0.3) is 0 Å². The van der Waals surface area contributed by atoms with Gasteiger partial charge < -0.3 is 29.5 Å². The minimum atomic E-state index is -0.761. The lowest BCUT2D eigenvalue weighted by atomic mass is 9.83. The van der Waals surface area contributed by atoms with E-state index in [1.165, 1.54) is 37.5 Å². The fraction of sp³-hybridized carbons (Fsp3) is 0.325. The van der Waals surface area contributed by atoms with Gasteiger partial charge in [-0.1, -0.05) is 86.0 Å². The lowest BCUT2D eigenvalue weighted by Gasteiger charge is -2.44. The standard InChI is InChI=1S/C40H40N2O7/c43-25-26-14-16-28(17-15-26)36-35(27-10-5-4-6-11-27)34(24-42-20-7-2-1-3-8-21-42)47-40(48-36)30-12-9-13-31(22-30)41-37(44)29-18-19-32-33(23-29)39(46)49-38(32)45/h4-6,9-19,22-23,34-36,40,43H,1-3,7-8,20-21,24-25H2,(H,41,44). The quantitative estimate of drug-likeness (QED) is 0.154. The highest BCUT2D eigenvalue weighted by Gasteiger charge is 2.42. The number of rotatable bonds is 8. The monoisotopic (exact) mass is 660 g/mol. The molecule has 3 aliphatic heterocycles. The van der Waals surface area contributed by atoms with E-state index in [1.807, 2.05) is 48.5 Å². The molecule has 4 aromatic carbocycles. The Bertz CT molecular complexity index is 1800. The average molecular weight is 661 g/mol. The van der Waals surface area contributed by atoms with E-state index in [9.17, 15) is 19.5 Å².